The monoisotopic (exact) mass is 427 g/mol. The summed E-state index contributed by atoms with van der Waals surface area (Å²) >= 11 is 0. The van der Waals surface area contributed by atoms with Gasteiger partial charge in [0.1, 0.15) is 6.61 Å². The largest absolute Gasteiger partial charge is 0.481 e. The Hall–Kier alpha value is -3.60. The van der Waals surface area contributed by atoms with E-state index < -0.39 is 18.0 Å². The molecule has 3 aromatic rings. The average molecular weight is 428 g/mol. The fraction of sp³-hybridized carbons (Fsp3) is 0.259. The molecule has 1 fully saturated rings. The summed E-state index contributed by atoms with van der Waals surface area (Å²) in [5, 5.41) is 9.70. The highest BCUT2D eigenvalue weighted by Crippen LogP contribution is 2.44. The molecule has 32 heavy (non-hydrogen) atoms. The van der Waals surface area contributed by atoms with Crippen molar-refractivity contribution in [2.45, 2.75) is 12.3 Å². The number of likely N-dealkylation sites (tertiary alicyclic amines) is 1. The van der Waals surface area contributed by atoms with Gasteiger partial charge in [0.2, 0.25) is 0 Å². The molecule has 0 bridgehead atoms. The SMILES string of the molecule is O=C(O)[C@H]1CN(C(=O)OCC2c3ccccc3-c3ccccc32)C[C@@H]1Cc1ccccc1. The van der Waals surface area contributed by atoms with E-state index in [9.17, 15) is 14.7 Å². The number of hydrogen-bond donors (Lipinski definition) is 1. The summed E-state index contributed by atoms with van der Waals surface area (Å²) in [5.41, 5.74) is 5.76. The standard InChI is InChI=1S/C27H25NO4/c29-26(30)24-16-28(15-19(24)14-18-8-2-1-3-9-18)27(31)32-17-25-22-12-6-4-10-20(22)21-11-5-7-13-23(21)25/h1-13,19,24-25H,14-17H2,(H,29,30)/t19-,24-/m0/s1. The fourth-order valence-corrected chi connectivity index (χ4v) is 5.11. The fourth-order valence-electron chi connectivity index (χ4n) is 5.11. The van der Waals surface area contributed by atoms with Crippen LogP contribution in [0.15, 0.2) is 78.9 Å². The van der Waals surface area contributed by atoms with E-state index in [4.69, 9.17) is 4.74 Å². The van der Waals surface area contributed by atoms with Crippen LogP contribution in [0.3, 0.4) is 0 Å². The number of rotatable bonds is 5. The minimum Gasteiger partial charge on any atom is -0.481 e. The number of benzene rings is 3. The molecule has 1 heterocycles. The van der Waals surface area contributed by atoms with Crippen LogP contribution in [0.5, 0.6) is 0 Å². The lowest BCUT2D eigenvalue weighted by Crippen LogP contribution is -2.31. The van der Waals surface area contributed by atoms with E-state index in [2.05, 4.69) is 24.3 Å². The first-order valence-electron chi connectivity index (χ1n) is 11.0. The summed E-state index contributed by atoms with van der Waals surface area (Å²) in [7, 11) is 0. The van der Waals surface area contributed by atoms with Crippen molar-refractivity contribution in [2.75, 3.05) is 19.7 Å². The Labute approximate surface area is 187 Å². The van der Waals surface area contributed by atoms with E-state index in [1.807, 2.05) is 54.6 Å². The Morgan fingerprint density at radius 2 is 1.44 bits per heavy atom. The van der Waals surface area contributed by atoms with Crippen molar-refractivity contribution in [3.05, 3.63) is 95.6 Å². The van der Waals surface area contributed by atoms with Gasteiger partial charge in [0.05, 0.1) is 5.92 Å². The molecule has 0 unspecified atom stereocenters. The van der Waals surface area contributed by atoms with E-state index in [0.29, 0.717) is 13.0 Å². The zero-order valence-electron chi connectivity index (χ0n) is 17.7. The van der Waals surface area contributed by atoms with Crippen LogP contribution in [0.4, 0.5) is 4.79 Å². The van der Waals surface area contributed by atoms with E-state index in [0.717, 1.165) is 16.7 Å². The maximum Gasteiger partial charge on any atom is 0.409 e. The minimum absolute atomic E-state index is 0.00987. The molecule has 1 amide bonds. The molecule has 0 saturated carbocycles. The van der Waals surface area contributed by atoms with Crippen molar-refractivity contribution in [2.24, 2.45) is 11.8 Å². The van der Waals surface area contributed by atoms with Crippen LogP contribution in [-0.2, 0) is 16.0 Å². The maximum atomic E-state index is 12.9. The smallest absolute Gasteiger partial charge is 0.409 e. The molecule has 5 rings (SSSR count). The van der Waals surface area contributed by atoms with Crippen LogP contribution >= 0.6 is 0 Å². The summed E-state index contributed by atoms with van der Waals surface area (Å²) in [4.78, 5) is 26.3. The first-order chi connectivity index (χ1) is 15.6. The molecule has 1 saturated heterocycles. The Balaban J connectivity index is 1.28. The van der Waals surface area contributed by atoms with Crippen LogP contribution in [0.25, 0.3) is 11.1 Å². The summed E-state index contributed by atoms with van der Waals surface area (Å²) in [6.07, 6.45) is 0.194. The van der Waals surface area contributed by atoms with Gasteiger partial charge in [-0.2, -0.15) is 0 Å². The third-order valence-corrected chi connectivity index (χ3v) is 6.69. The Morgan fingerprint density at radius 1 is 0.844 bits per heavy atom. The minimum atomic E-state index is -0.861. The van der Waals surface area contributed by atoms with Crippen molar-refractivity contribution in [3.63, 3.8) is 0 Å². The van der Waals surface area contributed by atoms with E-state index in [1.54, 1.807) is 4.90 Å². The third kappa shape index (κ3) is 3.75. The van der Waals surface area contributed by atoms with Gasteiger partial charge in [0.25, 0.3) is 0 Å². The van der Waals surface area contributed by atoms with Crippen molar-refractivity contribution < 1.29 is 19.4 Å². The molecule has 1 aliphatic heterocycles. The Kier molecular flexibility index (Phi) is 5.39. The number of carbonyl (C=O) groups excluding carboxylic acids is 1. The predicted molar refractivity (Wildman–Crippen MR) is 121 cm³/mol. The predicted octanol–water partition coefficient (Wildman–Crippen LogP) is 4.81. The number of ether oxygens (including phenoxy) is 1. The normalized spacial score (nSPS) is 19.4. The molecule has 5 nitrogen and oxygen atoms in total. The van der Waals surface area contributed by atoms with Gasteiger partial charge in [-0.15, -0.1) is 0 Å². The second-order valence-electron chi connectivity index (χ2n) is 8.60. The number of fused-ring (bicyclic) bond motifs is 3. The number of nitrogens with zero attached hydrogens (tertiary/aromatic N) is 1. The zero-order chi connectivity index (χ0) is 22.1. The van der Waals surface area contributed by atoms with Gasteiger partial charge in [-0.1, -0.05) is 78.9 Å². The molecular formula is C27H25NO4. The van der Waals surface area contributed by atoms with Crippen molar-refractivity contribution in [1.82, 2.24) is 4.90 Å². The molecule has 2 aliphatic rings. The van der Waals surface area contributed by atoms with Crippen molar-refractivity contribution >= 4 is 12.1 Å². The molecule has 1 aliphatic carbocycles. The lowest BCUT2D eigenvalue weighted by Gasteiger charge is -2.19. The summed E-state index contributed by atoms with van der Waals surface area (Å²) in [5.74, 6) is -1.59. The number of carboxylic acids is 1. The number of amides is 1. The molecule has 3 aromatic carbocycles. The highest BCUT2D eigenvalue weighted by molar-refractivity contribution is 5.79. The van der Waals surface area contributed by atoms with Gasteiger partial charge in [-0.05, 0) is 40.2 Å². The second kappa shape index (κ2) is 8.50. The van der Waals surface area contributed by atoms with Gasteiger partial charge < -0.3 is 14.7 Å². The van der Waals surface area contributed by atoms with E-state index in [1.165, 1.54) is 11.1 Å². The van der Waals surface area contributed by atoms with Gasteiger partial charge >= 0.3 is 12.1 Å². The Morgan fingerprint density at radius 3 is 2.06 bits per heavy atom. The van der Waals surface area contributed by atoms with Gasteiger partial charge in [0, 0.05) is 19.0 Å². The molecule has 0 aromatic heterocycles. The first kappa shape index (κ1) is 20.3. The highest BCUT2D eigenvalue weighted by atomic mass is 16.6. The van der Waals surface area contributed by atoms with Crippen LogP contribution in [0.2, 0.25) is 0 Å². The first-order valence-corrected chi connectivity index (χ1v) is 11.0. The molecular weight excluding hydrogens is 402 g/mol. The van der Waals surface area contributed by atoms with Gasteiger partial charge in [0.15, 0.2) is 0 Å². The molecule has 0 radical (unpaired) electrons. The number of hydrogen-bond acceptors (Lipinski definition) is 3. The lowest BCUT2D eigenvalue weighted by atomic mass is 9.90. The molecule has 1 N–H and O–H groups in total. The van der Waals surface area contributed by atoms with Crippen molar-refractivity contribution in [3.8, 4) is 11.1 Å². The average Bonchev–Trinajstić information content (AvgIpc) is 3.38. The van der Waals surface area contributed by atoms with Crippen LogP contribution in [0.1, 0.15) is 22.6 Å². The van der Waals surface area contributed by atoms with Crippen LogP contribution in [0, 0.1) is 11.8 Å². The Bertz CT molecular complexity index is 1100. The topological polar surface area (TPSA) is 66.8 Å². The molecule has 5 heteroatoms. The van der Waals surface area contributed by atoms with Crippen molar-refractivity contribution in [1.29, 1.82) is 0 Å². The zero-order valence-corrected chi connectivity index (χ0v) is 17.7. The van der Waals surface area contributed by atoms with E-state index >= 15 is 0 Å². The lowest BCUT2D eigenvalue weighted by molar-refractivity contribution is -0.142. The number of carbonyl (C=O) groups is 2. The number of carboxylic acid groups (broad SMARTS) is 1. The van der Waals surface area contributed by atoms with Crippen LogP contribution in [-0.4, -0.2) is 41.8 Å². The molecule has 0 spiro atoms. The third-order valence-electron chi connectivity index (χ3n) is 6.69. The van der Waals surface area contributed by atoms with Gasteiger partial charge in [-0.25, -0.2) is 4.79 Å². The van der Waals surface area contributed by atoms with Gasteiger partial charge in [-0.3, -0.25) is 4.79 Å². The summed E-state index contributed by atoms with van der Waals surface area (Å²) in [6, 6.07) is 26.2. The van der Waals surface area contributed by atoms with E-state index in [-0.39, 0.29) is 25.0 Å². The molecule has 2 atom stereocenters. The summed E-state index contributed by atoms with van der Waals surface area (Å²) in [6.45, 7) is 0.816. The second-order valence-corrected chi connectivity index (χ2v) is 8.60. The maximum absolute atomic E-state index is 12.9. The quantitative estimate of drug-likeness (QED) is 0.635. The summed E-state index contributed by atoms with van der Waals surface area (Å²) < 4.78 is 5.74. The number of aliphatic carboxylic acids is 1. The molecule has 162 valence electrons. The highest BCUT2D eigenvalue weighted by Gasteiger charge is 2.40. The van der Waals surface area contributed by atoms with Crippen LogP contribution < -0.4 is 0 Å².